The number of rotatable bonds is 5. The van der Waals surface area contributed by atoms with Crippen molar-refractivity contribution in [1.82, 2.24) is 16.0 Å². The number of amides is 1. The second-order valence-electron chi connectivity index (χ2n) is 5.38. The quantitative estimate of drug-likeness (QED) is 0.378. The van der Waals surface area contributed by atoms with Crippen molar-refractivity contribution < 1.29 is 4.79 Å². The number of aliphatic imine (C=N–C) groups is 1. The maximum Gasteiger partial charge on any atom is 0.239 e. The molecule has 0 atom stereocenters. The number of nitrogens with zero attached hydrogens (tertiary/aromatic N) is 1. The second kappa shape index (κ2) is 11.2. The molecule has 0 saturated heterocycles. The lowest BCUT2D eigenvalue weighted by molar-refractivity contribution is -0.120. The van der Waals surface area contributed by atoms with Crippen LogP contribution < -0.4 is 16.0 Å². The van der Waals surface area contributed by atoms with Crippen LogP contribution in [0.25, 0.3) is 0 Å². The zero-order valence-electron chi connectivity index (χ0n) is 12.9. The van der Waals surface area contributed by atoms with Gasteiger partial charge in [0.05, 0.1) is 6.54 Å². The van der Waals surface area contributed by atoms with Crippen molar-refractivity contribution >= 4 is 35.8 Å². The van der Waals surface area contributed by atoms with Gasteiger partial charge in [0.1, 0.15) is 0 Å². The third-order valence-corrected chi connectivity index (χ3v) is 3.57. The Morgan fingerprint density at radius 1 is 1.20 bits per heavy atom. The molecular weight excluding hydrogens is 367 g/mol. The van der Waals surface area contributed by atoms with Gasteiger partial charge in [-0.15, -0.1) is 24.0 Å². The summed E-state index contributed by atoms with van der Waals surface area (Å²) in [6, 6.07) is 0.487. The Morgan fingerprint density at radius 3 is 2.40 bits per heavy atom. The van der Waals surface area contributed by atoms with Gasteiger partial charge in [0.25, 0.3) is 0 Å². The summed E-state index contributed by atoms with van der Waals surface area (Å²) in [6.45, 7) is 5.36. The van der Waals surface area contributed by atoms with Crippen molar-refractivity contribution in [2.45, 2.75) is 52.0 Å². The van der Waals surface area contributed by atoms with E-state index in [1.807, 2.05) is 6.92 Å². The number of nitrogens with one attached hydrogen (secondary N) is 3. The van der Waals surface area contributed by atoms with Gasteiger partial charge in [0.15, 0.2) is 5.96 Å². The summed E-state index contributed by atoms with van der Waals surface area (Å²) in [4.78, 5) is 15.7. The van der Waals surface area contributed by atoms with E-state index >= 15 is 0 Å². The van der Waals surface area contributed by atoms with Crippen LogP contribution in [0.2, 0.25) is 0 Å². The van der Waals surface area contributed by atoms with Crippen LogP contribution in [0, 0.1) is 5.92 Å². The molecule has 1 amide bonds. The van der Waals surface area contributed by atoms with Crippen LogP contribution in [-0.4, -0.2) is 38.0 Å². The molecule has 0 aromatic rings. The SMILES string of the molecule is CCCNC(=O)CNC(=NC)NC1CCC(C)CC1.I. The molecule has 118 valence electrons. The first-order valence-electron chi connectivity index (χ1n) is 7.39. The highest BCUT2D eigenvalue weighted by atomic mass is 127. The molecule has 0 aromatic heterocycles. The molecule has 5 nitrogen and oxygen atoms in total. The van der Waals surface area contributed by atoms with E-state index in [1.165, 1.54) is 25.7 Å². The molecule has 1 aliphatic carbocycles. The van der Waals surface area contributed by atoms with Gasteiger partial charge in [-0.05, 0) is 38.0 Å². The highest BCUT2D eigenvalue weighted by molar-refractivity contribution is 14.0. The van der Waals surface area contributed by atoms with Gasteiger partial charge >= 0.3 is 0 Å². The molecule has 0 unspecified atom stereocenters. The summed E-state index contributed by atoms with van der Waals surface area (Å²) in [5.74, 6) is 1.58. The van der Waals surface area contributed by atoms with E-state index in [-0.39, 0.29) is 36.4 Å². The monoisotopic (exact) mass is 396 g/mol. The summed E-state index contributed by atoms with van der Waals surface area (Å²) in [5, 5.41) is 9.30. The lowest BCUT2D eigenvalue weighted by atomic mass is 9.87. The van der Waals surface area contributed by atoms with Crippen LogP contribution >= 0.6 is 24.0 Å². The number of hydrogen-bond acceptors (Lipinski definition) is 2. The molecule has 0 heterocycles. The van der Waals surface area contributed by atoms with Crippen molar-refractivity contribution in [3.8, 4) is 0 Å². The molecule has 0 spiro atoms. The summed E-state index contributed by atoms with van der Waals surface area (Å²) >= 11 is 0. The van der Waals surface area contributed by atoms with Crippen molar-refractivity contribution in [3.63, 3.8) is 0 Å². The highest BCUT2D eigenvalue weighted by Gasteiger charge is 2.18. The molecule has 0 aliphatic heterocycles. The van der Waals surface area contributed by atoms with E-state index in [0.717, 1.165) is 24.8 Å². The van der Waals surface area contributed by atoms with Crippen molar-refractivity contribution in [1.29, 1.82) is 0 Å². The topological polar surface area (TPSA) is 65.5 Å². The van der Waals surface area contributed by atoms with Crippen LogP contribution in [0.3, 0.4) is 0 Å². The van der Waals surface area contributed by atoms with Gasteiger partial charge in [-0.2, -0.15) is 0 Å². The fourth-order valence-electron chi connectivity index (χ4n) is 2.28. The van der Waals surface area contributed by atoms with Crippen LogP contribution in [-0.2, 0) is 4.79 Å². The summed E-state index contributed by atoms with van der Waals surface area (Å²) in [7, 11) is 1.74. The zero-order chi connectivity index (χ0) is 14.1. The molecule has 1 fully saturated rings. The van der Waals surface area contributed by atoms with Gasteiger partial charge in [0, 0.05) is 19.6 Å². The minimum absolute atomic E-state index is 0. The normalized spacial score (nSPS) is 22.6. The fraction of sp³-hybridized carbons (Fsp3) is 0.857. The predicted octanol–water partition coefficient (Wildman–Crippen LogP) is 1.87. The summed E-state index contributed by atoms with van der Waals surface area (Å²) in [6.07, 6.45) is 5.87. The standard InChI is InChI=1S/C14H28N4O.HI/c1-4-9-16-13(19)10-17-14(15-3)18-12-7-5-11(2)6-8-12;/h11-12H,4-10H2,1-3H3,(H,16,19)(H2,15,17,18);1H. The lowest BCUT2D eigenvalue weighted by Gasteiger charge is -2.28. The van der Waals surface area contributed by atoms with E-state index in [4.69, 9.17) is 0 Å². The van der Waals surface area contributed by atoms with Crippen LogP contribution in [0.4, 0.5) is 0 Å². The smallest absolute Gasteiger partial charge is 0.239 e. The van der Waals surface area contributed by atoms with E-state index in [2.05, 4.69) is 27.9 Å². The number of carbonyl (C=O) groups is 1. The summed E-state index contributed by atoms with van der Waals surface area (Å²) < 4.78 is 0. The second-order valence-corrected chi connectivity index (χ2v) is 5.38. The summed E-state index contributed by atoms with van der Waals surface area (Å²) in [5.41, 5.74) is 0. The molecule has 1 saturated carbocycles. The number of guanidine groups is 1. The third kappa shape index (κ3) is 7.91. The third-order valence-electron chi connectivity index (χ3n) is 3.57. The minimum atomic E-state index is 0. The lowest BCUT2D eigenvalue weighted by Crippen LogP contribution is -2.47. The van der Waals surface area contributed by atoms with Gasteiger partial charge in [-0.3, -0.25) is 9.79 Å². The van der Waals surface area contributed by atoms with E-state index < -0.39 is 0 Å². The Labute approximate surface area is 139 Å². The maximum atomic E-state index is 11.5. The van der Waals surface area contributed by atoms with Gasteiger partial charge in [0.2, 0.25) is 5.91 Å². The molecular formula is C14H29IN4O. The average Bonchev–Trinajstić information content (AvgIpc) is 2.43. The molecule has 1 aliphatic rings. The molecule has 3 N–H and O–H groups in total. The first-order chi connectivity index (χ1) is 9.15. The first-order valence-corrected chi connectivity index (χ1v) is 7.39. The zero-order valence-corrected chi connectivity index (χ0v) is 15.2. The predicted molar refractivity (Wildman–Crippen MR) is 94.6 cm³/mol. The minimum Gasteiger partial charge on any atom is -0.355 e. The van der Waals surface area contributed by atoms with Crippen molar-refractivity contribution in [2.24, 2.45) is 10.9 Å². The average molecular weight is 396 g/mol. The van der Waals surface area contributed by atoms with E-state index in [0.29, 0.717) is 6.04 Å². The number of hydrogen-bond donors (Lipinski definition) is 3. The van der Waals surface area contributed by atoms with Gasteiger partial charge in [-0.25, -0.2) is 0 Å². The van der Waals surface area contributed by atoms with E-state index in [1.54, 1.807) is 7.05 Å². The Morgan fingerprint density at radius 2 is 1.85 bits per heavy atom. The molecule has 0 aromatic carbocycles. The fourth-order valence-corrected chi connectivity index (χ4v) is 2.28. The molecule has 0 bridgehead atoms. The molecule has 1 rings (SSSR count). The van der Waals surface area contributed by atoms with Crippen molar-refractivity contribution in [2.75, 3.05) is 20.1 Å². The molecule has 0 radical (unpaired) electrons. The maximum absolute atomic E-state index is 11.5. The van der Waals surface area contributed by atoms with Gasteiger partial charge in [-0.1, -0.05) is 13.8 Å². The number of halogens is 1. The van der Waals surface area contributed by atoms with Crippen molar-refractivity contribution in [3.05, 3.63) is 0 Å². The highest BCUT2D eigenvalue weighted by Crippen LogP contribution is 2.23. The largest absolute Gasteiger partial charge is 0.355 e. The Balaban J connectivity index is 0.00000361. The number of carbonyl (C=O) groups excluding carboxylic acids is 1. The van der Waals surface area contributed by atoms with Crippen LogP contribution in [0.1, 0.15) is 46.0 Å². The molecule has 20 heavy (non-hydrogen) atoms. The Kier molecular flexibility index (Phi) is 10.9. The molecule has 6 heteroatoms. The first kappa shape index (κ1) is 19.5. The van der Waals surface area contributed by atoms with Crippen LogP contribution in [0.5, 0.6) is 0 Å². The van der Waals surface area contributed by atoms with Crippen LogP contribution in [0.15, 0.2) is 4.99 Å². The van der Waals surface area contributed by atoms with Gasteiger partial charge < -0.3 is 16.0 Å². The Hall–Kier alpha value is -0.530. The van der Waals surface area contributed by atoms with E-state index in [9.17, 15) is 4.79 Å². The Bertz CT molecular complexity index is 302.